The fraction of sp³-hybridized carbons (Fsp3) is 0.100. The van der Waals surface area contributed by atoms with Crippen LogP contribution in [0.3, 0.4) is 0 Å². The summed E-state index contributed by atoms with van der Waals surface area (Å²) in [5, 5.41) is 9.66. The normalized spacial score (nSPS) is 11.4. The van der Waals surface area contributed by atoms with Crippen LogP contribution in [0.1, 0.15) is 11.1 Å². The van der Waals surface area contributed by atoms with Crippen LogP contribution in [0.5, 0.6) is 0 Å². The van der Waals surface area contributed by atoms with E-state index in [0.29, 0.717) is 5.56 Å². The number of benzene rings is 1. The minimum atomic E-state index is -3.08. The Kier molecular flexibility index (Phi) is 3.05. The van der Waals surface area contributed by atoms with Crippen molar-refractivity contribution in [3.05, 3.63) is 40.8 Å². The first-order chi connectivity index (χ1) is 6.51. The van der Waals surface area contributed by atoms with Crippen molar-refractivity contribution in [2.45, 2.75) is 0 Å². The molecular weight excluding hydrogens is 198 g/mol. The maximum Gasteiger partial charge on any atom is 0.168 e. The monoisotopic (exact) mass is 207 g/mol. The van der Waals surface area contributed by atoms with Crippen molar-refractivity contribution in [1.29, 1.82) is 5.26 Å². The van der Waals surface area contributed by atoms with Gasteiger partial charge >= 0.3 is 0 Å². The molecule has 0 saturated carbocycles. The lowest BCUT2D eigenvalue weighted by Gasteiger charge is -1.92. The van der Waals surface area contributed by atoms with Crippen LogP contribution in [0.2, 0.25) is 0 Å². The Balaban J connectivity index is 2.91. The zero-order valence-corrected chi connectivity index (χ0v) is 8.45. The predicted molar refractivity (Wildman–Crippen MR) is 55.0 cm³/mol. The SMILES string of the molecule is CS(=O)(=O)C=Cc1ccc(C#N)cc1. The first kappa shape index (κ1) is 10.5. The molecule has 0 atom stereocenters. The lowest BCUT2D eigenvalue weighted by molar-refractivity contribution is 0.610. The summed E-state index contributed by atoms with van der Waals surface area (Å²) in [6, 6.07) is 8.66. The van der Waals surface area contributed by atoms with E-state index >= 15 is 0 Å². The molecule has 0 unspecified atom stereocenters. The van der Waals surface area contributed by atoms with E-state index in [9.17, 15) is 8.42 Å². The molecule has 0 aliphatic heterocycles. The Morgan fingerprint density at radius 3 is 2.29 bits per heavy atom. The largest absolute Gasteiger partial charge is 0.225 e. The van der Waals surface area contributed by atoms with Gasteiger partial charge < -0.3 is 0 Å². The topological polar surface area (TPSA) is 57.9 Å². The van der Waals surface area contributed by atoms with Crippen LogP contribution in [0.4, 0.5) is 0 Å². The van der Waals surface area contributed by atoms with Gasteiger partial charge in [0.1, 0.15) is 0 Å². The second kappa shape index (κ2) is 4.07. The number of nitrogens with zero attached hydrogens (tertiary/aromatic N) is 1. The molecule has 0 fully saturated rings. The van der Waals surface area contributed by atoms with Crippen molar-refractivity contribution in [2.75, 3.05) is 6.26 Å². The third-order valence-corrected chi connectivity index (χ3v) is 2.18. The summed E-state index contributed by atoms with van der Waals surface area (Å²) >= 11 is 0. The van der Waals surface area contributed by atoms with Gasteiger partial charge in [0.2, 0.25) is 0 Å². The van der Waals surface area contributed by atoms with Gasteiger partial charge in [-0.15, -0.1) is 0 Å². The molecule has 0 saturated heterocycles. The molecule has 0 heterocycles. The van der Waals surface area contributed by atoms with Crippen molar-refractivity contribution in [3.8, 4) is 6.07 Å². The minimum absolute atomic E-state index is 0.557. The van der Waals surface area contributed by atoms with Gasteiger partial charge in [-0.05, 0) is 23.8 Å². The summed E-state index contributed by atoms with van der Waals surface area (Å²) in [6.07, 6.45) is 2.63. The minimum Gasteiger partial charge on any atom is -0.225 e. The van der Waals surface area contributed by atoms with Gasteiger partial charge in [0.05, 0.1) is 11.6 Å². The van der Waals surface area contributed by atoms with Gasteiger partial charge in [0, 0.05) is 11.7 Å². The summed E-state index contributed by atoms with van der Waals surface area (Å²) in [5.41, 5.74) is 1.32. The van der Waals surface area contributed by atoms with E-state index in [4.69, 9.17) is 5.26 Å². The predicted octanol–water partition coefficient (Wildman–Crippen LogP) is 1.57. The fourth-order valence-electron chi connectivity index (χ4n) is 0.871. The Morgan fingerprint density at radius 1 is 1.29 bits per heavy atom. The molecule has 1 rings (SSSR count). The van der Waals surface area contributed by atoms with Gasteiger partial charge in [-0.3, -0.25) is 0 Å². The second-order valence-corrected chi connectivity index (χ2v) is 4.80. The third kappa shape index (κ3) is 3.42. The van der Waals surface area contributed by atoms with Gasteiger partial charge in [-0.25, -0.2) is 8.42 Å². The van der Waals surface area contributed by atoms with E-state index in [1.165, 1.54) is 6.08 Å². The molecule has 0 bridgehead atoms. The molecule has 0 amide bonds. The Bertz CT molecular complexity index is 478. The lowest BCUT2D eigenvalue weighted by Crippen LogP contribution is -1.87. The molecule has 0 aromatic heterocycles. The highest BCUT2D eigenvalue weighted by atomic mass is 32.2. The molecule has 0 spiro atoms. The van der Waals surface area contributed by atoms with Crippen LogP contribution in [0.15, 0.2) is 29.7 Å². The Hall–Kier alpha value is -1.60. The number of hydrogen-bond acceptors (Lipinski definition) is 3. The molecule has 4 heteroatoms. The van der Waals surface area contributed by atoms with Crippen molar-refractivity contribution in [3.63, 3.8) is 0 Å². The van der Waals surface area contributed by atoms with Crippen LogP contribution in [-0.2, 0) is 9.84 Å². The molecule has 3 nitrogen and oxygen atoms in total. The second-order valence-electron chi connectivity index (χ2n) is 2.87. The summed E-state index contributed by atoms with van der Waals surface area (Å²) in [7, 11) is -3.08. The zero-order chi connectivity index (χ0) is 10.6. The highest BCUT2D eigenvalue weighted by molar-refractivity contribution is 7.93. The first-order valence-corrected chi connectivity index (χ1v) is 5.85. The van der Waals surface area contributed by atoms with Crippen molar-refractivity contribution in [2.24, 2.45) is 0 Å². The molecule has 1 aromatic rings. The van der Waals surface area contributed by atoms with Crippen molar-refractivity contribution < 1.29 is 8.42 Å². The average Bonchev–Trinajstić information content (AvgIpc) is 2.14. The Labute approximate surface area is 83.2 Å². The number of rotatable bonds is 2. The number of sulfone groups is 1. The molecule has 0 aliphatic rings. The van der Waals surface area contributed by atoms with Gasteiger partial charge in [0.25, 0.3) is 0 Å². The van der Waals surface area contributed by atoms with Crippen LogP contribution in [0, 0.1) is 11.3 Å². The average molecular weight is 207 g/mol. The van der Waals surface area contributed by atoms with E-state index in [0.717, 1.165) is 17.2 Å². The maximum absolute atomic E-state index is 10.8. The van der Waals surface area contributed by atoms with Crippen molar-refractivity contribution in [1.82, 2.24) is 0 Å². The molecule has 0 radical (unpaired) electrons. The van der Waals surface area contributed by atoms with E-state index in [1.807, 2.05) is 6.07 Å². The molecule has 0 N–H and O–H groups in total. The van der Waals surface area contributed by atoms with E-state index in [-0.39, 0.29) is 0 Å². The van der Waals surface area contributed by atoms with E-state index in [1.54, 1.807) is 24.3 Å². The quantitative estimate of drug-likeness (QED) is 0.739. The van der Waals surface area contributed by atoms with Crippen LogP contribution >= 0.6 is 0 Å². The number of hydrogen-bond donors (Lipinski definition) is 0. The van der Waals surface area contributed by atoms with Crippen LogP contribution in [-0.4, -0.2) is 14.7 Å². The molecule has 1 aromatic carbocycles. The molecule has 72 valence electrons. The smallest absolute Gasteiger partial charge is 0.168 e. The Morgan fingerprint density at radius 2 is 1.86 bits per heavy atom. The third-order valence-electron chi connectivity index (χ3n) is 1.55. The van der Waals surface area contributed by atoms with Gasteiger partial charge in [-0.2, -0.15) is 5.26 Å². The highest BCUT2D eigenvalue weighted by Gasteiger charge is 1.94. The van der Waals surface area contributed by atoms with E-state index < -0.39 is 9.84 Å². The van der Waals surface area contributed by atoms with Crippen molar-refractivity contribution >= 4 is 15.9 Å². The summed E-state index contributed by atoms with van der Waals surface area (Å²) < 4.78 is 21.6. The molecule has 0 aliphatic carbocycles. The van der Waals surface area contributed by atoms with Gasteiger partial charge in [-0.1, -0.05) is 12.1 Å². The van der Waals surface area contributed by atoms with Crippen LogP contribution in [0.25, 0.3) is 6.08 Å². The highest BCUT2D eigenvalue weighted by Crippen LogP contribution is 2.05. The molecular formula is C10H9NO2S. The van der Waals surface area contributed by atoms with E-state index in [2.05, 4.69) is 0 Å². The summed E-state index contributed by atoms with van der Waals surface area (Å²) in [5.74, 6) is 0. The lowest BCUT2D eigenvalue weighted by atomic mass is 10.1. The number of nitriles is 1. The first-order valence-electron chi connectivity index (χ1n) is 3.89. The van der Waals surface area contributed by atoms with Crippen LogP contribution < -0.4 is 0 Å². The van der Waals surface area contributed by atoms with Gasteiger partial charge in [0.15, 0.2) is 9.84 Å². The standard InChI is InChI=1S/C10H9NO2S/c1-14(12,13)7-6-9-2-4-10(8-11)5-3-9/h2-7H,1H3. The molecule has 14 heavy (non-hydrogen) atoms. The summed E-state index contributed by atoms with van der Waals surface area (Å²) in [6.45, 7) is 0. The fourth-order valence-corrected chi connectivity index (χ4v) is 1.28. The maximum atomic E-state index is 10.8. The zero-order valence-electron chi connectivity index (χ0n) is 7.64. The summed E-state index contributed by atoms with van der Waals surface area (Å²) in [4.78, 5) is 0.